The van der Waals surface area contributed by atoms with Crippen LogP contribution in [-0.4, -0.2) is 0 Å². The van der Waals surface area contributed by atoms with Crippen molar-refractivity contribution in [2.45, 2.75) is 0 Å². The molecule has 4 heterocycles. The molecule has 4 heteroatoms. The maximum Gasteiger partial charge on any atom is 0.0542 e. The minimum Gasteiger partial charge on any atom is -0.135 e. The summed E-state index contributed by atoms with van der Waals surface area (Å²) in [6.45, 7) is 0. The molecule has 10 rings (SSSR count). The third-order valence-electron chi connectivity index (χ3n) is 8.38. The maximum atomic E-state index is 2.43. The zero-order valence-electron chi connectivity index (χ0n) is 22.2. The Kier molecular flexibility index (Phi) is 4.88. The third-order valence-corrected chi connectivity index (χ3v) is 13.2. The number of hydrogen-bond acceptors (Lipinski definition) is 4. The first-order valence-corrected chi connectivity index (χ1v) is 17.2. The number of thiophene rings is 4. The van der Waals surface area contributed by atoms with Gasteiger partial charge in [-0.05, 0) is 104 Å². The molecule has 0 aliphatic carbocycles. The quantitative estimate of drug-likeness (QED) is 0.184. The van der Waals surface area contributed by atoms with E-state index < -0.39 is 0 Å². The van der Waals surface area contributed by atoms with Crippen LogP contribution >= 0.6 is 45.3 Å². The molecular weight excluding hydrogens is 585 g/mol. The van der Waals surface area contributed by atoms with E-state index in [0.29, 0.717) is 0 Å². The van der Waals surface area contributed by atoms with E-state index in [0.717, 1.165) is 0 Å². The van der Waals surface area contributed by atoms with E-state index in [4.69, 9.17) is 0 Å². The lowest BCUT2D eigenvalue weighted by atomic mass is 10.0. The van der Waals surface area contributed by atoms with Gasteiger partial charge in [-0.15, -0.1) is 45.3 Å². The fourth-order valence-corrected chi connectivity index (χ4v) is 11.2. The summed E-state index contributed by atoms with van der Waals surface area (Å²) in [6.07, 6.45) is 0. The summed E-state index contributed by atoms with van der Waals surface area (Å²) in [5, 5.41) is 10.7. The van der Waals surface area contributed by atoms with Crippen molar-refractivity contribution in [3.05, 3.63) is 121 Å². The molecule has 42 heavy (non-hydrogen) atoms. The third kappa shape index (κ3) is 3.50. The molecule has 0 unspecified atom stereocenters. The average molecular weight is 605 g/mol. The van der Waals surface area contributed by atoms with Crippen LogP contribution in [-0.2, 0) is 0 Å². The highest BCUT2D eigenvalue weighted by Gasteiger charge is 2.16. The molecule has 0 atom stereocenters. The lowest BCUT2D eigenvalue weighted by Gasteiger charge is -2.00. The summed E-state index contributed by atoms with van der Waals surface area (Å²) in [6, 6.07) is 45.4. The number of rotatable bonds is 2. The van der Waals surface area contributed by atoms with Crippen molar-refractivity contribution in [1.29, 1.82) is 0 Å². The molecule has 0 spiro atoms. The van der Waals surface area contributed by atoms with Gasteiger partial charge in [0.05, 0.1) is 9.40 Å². The zero-order chi connectivity index (χ0) is 27.4. The summed E-state index contributed by atoms with van der Waals surface area (Å²) >= 11 is 7.67. The van der Waals surface area contributed by atoms with Crippen molar-refractivity contribution in [1.82, 2.24) is 0 Å². The molecule has 0 aliphatic heterocycles. The van der Waals surface area contributed by atoms with Crippen molar-refractivity contribution in [2.24, 2.45) is 0 Å². The maximum absolute atomic E-state index is 2.43. The van der Waals surface area contributed by atoms with E-state index in [-0.39, 0.29) is 0 Å². The second kappa shape index (κ2) is 8.73. The Bertz CT molecular complexity index is 2480. The normalized spacial score (nSPS) is 12.3. The number of benzene rings is 6. The zero-order valence-corrected chi connectivity index (χ0v) is 25.4. The smallest absolute Gasteiger partial charge is 0.0542 e. The van der Waals surface area contributed by atoms with E-state index in [1.807, 2.05) is 45.3 Å². The molecule has 6 aromatic carbocycles. The van der Waals surface area contributed by atoms with E-state index >= 15 is 0 Å². The van der Waals surface area contributed by atoms with Gasteiger partial charge in [0.1, 0.15) is 0 Å². The average Bonchev–Trinajstić information content (AvgIpc) is 3.79. The molecule has 4 aromatic heterocycles. The lowest BCUT2D eigenvalue weighted by Crippen LogP contribution is -1.73. The van der Waals surface area contributed by atoms with Crippen molar-refractivity contribution >= 4 is 117 Å². The van der Waals surface area contributed by atoms with Crippen molar-refractivity contribution < 1.29 is 0 Å². The van der Waals surface area contributed by atoms with Crippen LogP contribution in [0.3, 0.4) is 0 Å². The number of fused-ring (bicyclic) bond motifs is 9. The first-order valence-electron chi connectivity index (χ1n) is 14.0. The van der Waals surface area contributed by atoms with Gasteiger partial charge < -0.3 is 0 Å². The molecule has 196 valence electrons. The minimum atomic E-state index is 1.29. The summed E-state index contributed by atoms with van der Waals surface area (Å²) in [7, 11) is 0. The van der Waals surface area contributed by atoms with Gasteiger partial charge in [0.15, 0.2) is 0 Å². The van der Waals surface area contributed by atoms with E-state index in [2.05, 4.69) is 121 Å². The van der Waals surface area contributed by atoms with Gasteiger partial charge in [-0.3, -0.25) is 0 Å². The largest absolute Gasteiger partial charge is 0.135 e. The summed E-state index contributed by atoms with van der Waals surface area (Å²) in [5.41, 5.74) is 2.58. The van der Waals surface area contributed by atoms with Crippen LogP contribution in [0.15, 0.2) is 121 Å². The highest BCUT2D eigenvalue weighted by atomic mass is 32.1. The highest BCUT2D eigenvalue weighted by molar-refractivity contribution is 7.36. The molecule has 0 fully saturated rings. The predicted octanol–water partition coefficient (Wildman–Crippen LogP) is 13.3. The van der Waals surface area contributed by atoms with Crippen LogP contribution in [0, 0.1) is 0 Å². The SMILES string of the molecule is c1ccc(-c2cc3cc4cc5c(cc4cc3s2)sc2c3cc4cc6cc(-c7ccccc7)sc6cc4cc3sc52)cc1. The summed E-state index contributed by atoms with van der Waals surface area (Å²) in [4.78, 5) is 2.66. The van der Waals surface area contributed by atoms with Crippen LogP contribution < -0.4 is 0 Å². The summed E-state index contributed by atoms with van der Waals surface area (Å²) < 4.78 is 8.31. The Morgan fingerprint density at radius 2 is 0.714 bits per heavy atom. The van der Waals surface area contributed by atoms with Gasteiger partial charge in [-0.2, -0.15) is 0 Å². The van der Waals surface area contributed by atoms with Crippen LogP contribution in [0.5, 0.6) is 0 Å². The van der Waals surface area contributed by atoms with E-state index in [1.165, 1.54) is 92.2 Å². The monoisotopic (exact) mass is 604 g/mol. The first-order chi connectivity index (χ1) is 20.7. The second-order valence-electron chi connectivity index (χ2n) is 11.0. The van der Waals surface area contributed by atoms with Crippen LogP contribution in [0.25, 0.3) is 92.2 Å². The first kappa shape index (κ1) is 23.5. The number of hydrogen-bond donors (Lipinski definition) is 0. The van der Waals surface area contributed by atoms with Crippen LogP contribution in [0.2, 0.25) is 0 Å². The highest BCUT2D eigenvalue weighted by Crippen LogP contribution is 2.47. The lowest BCUT2D eigenvalue weighted by molar-refractivity contribution is 1.70. The molecule has 0 saturated carbocycles. The molecule has 0 amide bonds. The Labute approximate surface area is 257 Å². The van der Waals surface area contributed by atoms with Crippen molar-refractivity contribution in [2.75, 3.05) is 0 Å². The molecule has 0 bridgehead atoms. The van der Waals surface area contributed by atoms with Gasteiger partial charge in [-0.25, -0.2) is 0 Å². The van der Waals surface area contributed by atoms with Gasteiger partial charge in [0.25, 0.3) is 0 Å². The topological polar surface area (TPSA) is 0 Å². The standard InChI is InChI=1S/C38H20S4/c1-3-7-21(8-4-1)31-19-27-11-23-13-29-35(17-25(23)15-33(27)39-31)41-38-30-14-24-12-28-20-32(22-9-5-2-6-10-22)40-34(28)16-26(24)18-36(30)42-37(29)38/h1-20H. The Hall–Kier alpha value is -4.06. The minimum absolute atomic E-state index is 1.29. The molecule has 0 saturated heterocycles. The fraction of sp³-hybridized carbons (Fsp3) is 0. The van der Waals surface area contributed by atoms with E-state index in [9.17, 15) is 0 Å². The van der Waals surface area contributed by atoms with Gasteiger partial charge in [-0.1, -0.05) is 60.7 Å². The molecular formula is C38H20S4. The second-order valence-corrected chi connectivity index (χ2v) is 15.3. The van der Waals surface area contributed by atoms with Crippen molar-refractivity contribution in [3.63, 3.8) is 0 Å². The van der Waals surface area contributed by atoms with Gasteiger partial charge in [0, 0.05) is 39.3 Å². The fourth-order valence-electron chi connectivity index (χ4n) is 6.31. The van der Waals surface area contributed by atoms with Gasteiger partial charge in [0.2, 0.25) is 0 Å². The Morgan fingerprint density at radius 3 is 1.17 bits per heavy atom. The Balaban J connectivity index is 1.14. The summed E-state index contributed by atoms with van der Waals surface area (Å²) in [5.74, 6) is 0. The van der Waals surface area contributed by atoms with Gasteiger partial charge >= 0.3 is 0 Å². The molecule has 0 N–H and O–H groups in total. The van der Waals surface area contributed by atoms with E-state index in [1.54, 1.807) is 0 Å². The Morgan fingerprint density at radius 1 is 0.310 bits per heavy atom. The molecule has 0 aliphatic rings. The van der Waals surface area contributed by atoms with Crippen molar-refractivity contribution in [3.8, 4) is 20.9 Å². The van der Waals surface area contributed by atoms with Crippen LogP contribution in [0.4, 0.5) is 0 Å². The van der Waals surface area contributed by atoms with Crippen LogP contribution in [0.1, 0.15) is 0 Å². The molecule has 0 nitrogen and oxygen atoms in total. The molecule has 10 aromatic rings. The molecule has 0 radical (unpaired) electrons. The predicted molar refractivity (Wildman–Crippen MR) is 191 cm³/mol.